The summed E-state index contributed by atoms with van der Waals surface area (Å²) in [5.74, 6) is -1.28. The van der Waals surface area contributed by atoms with Gasteiger partial charge in [-0.2, -0.15) is 0 Å². The molecule has 4 nitrogen and oxygen atoms in total. The number of rotatable bonds is 6. The van der Waals surface area contributed by atoms with Crippen molar-refractivity contribution in [3.05, 3.63) is 59.7 Å². The minimum atomic E-state index is -0.788. The lowest BCUT2D eigenvalue weighted by Crippen LogP contribution is -3.08. The Morgan fingerprint density at radius 3 is 2.48 bits per heavy atom. The van der Waals surface area contributed by atoms with Gasteiger partial charge in [0.15, 0.2) is 6.54 Å². The number of para-hydroxylation sites is 1. The molecular formula is C17H19F2N2O2+. The summed E-state index contributed by atoms with van der Waals surface area (Å²) in [5, 5.41) is 2.28. The Labute approximate surface area is 133 Å². The third-order valence-corrected chi connectivity index (χ3v) is 3.33. The molecule has 0 radical (unpaired) electrons. The topological polar surface area (TPSA) is 42.8 Å². The number of quaternary nitrogens is 1. The third kappa shape index (κ3) is 4.75. The maximum atomic E-state index is 13.5. The number of carbonyl (C=O) groups excluding carboxylic acids is 1. The lowest BCUT2D eigenvalue weighted by Gasteiger charge is -2.15. The van der Waals surface area contributed by atoms with Crippen molar-refractivity contribution in [3.8, 4) is 5.75 Å². The van der Waals surface area contributed by atoms with Crippen molar-refractivity contribution < 1.29 is 23.2 Å². The lowest BCUT2D eigenvalue weighted by atomic mass is 10.2. The maximum Gasteiger partial charge on any atom is 0.279 e. The van der Waals surface area contributed by atoms with Gasteiger partial charge in [-0.3, -0.25) is 4.79 Å². The fraction of sp³-hybridized carbons (Fsp3) is 0.235. The Kier molecular flexibility index (Phi) is 5.65. The quantitative estimate of drug-likeness (QED) is 0.849. The molecule has 0 saturated carbocycles. The fourth-order valence-corrected chi connectivity index (χ4v) is 2.27. The predicted octanol–water partition coefficient (Wildman–Crippen LogP) is 1.63. The van der Waals surface area contributed by atoms with Gasteiger partial charge in [-0.1, -0.05) is 18.2 Å². The van der Waals surface area contributed by atoms with Gasteiger partial charge in [0.2, 0.25) is 0 Å². The van der Waals surface area contributed by atoms with Gasteiger partial charge in [-0.05, 0) is 24.3 Å². The van der Waals surface area contributed by atoms with Gasteiger partial charge in [0.05, 0.1) is 14.2 Å². The van der Waals surface area contributed by atoms with Crippen molar-refractivity contribution in [2.45, 2.75) is 6.54 Å². The van der Waals surface area contributed by atoms with Gasteiger partial charge in [-0.15, -0.1) is 0 Å². The summed E-state index contributed by atoms with van der Waals surface area (Å²) < 4.78 is 32.2. The number of amides is 1. The number of methoxy groups -OCH3 is 1. The molecule has 0 bridgehead atoms. The van der Waals surface area contributed by atoms with Crippen LogP contribution in [0.4, 0.5) is 14.5 Å². The number of anilines is 1. The van der Waals surface area contributed by atoms with E-state index in [9.17, 15) is 13.6 Å². The summed E-state index contributed by atoms with van der Waals surface area (Å²) in [6.45, 7) is 0.676. The maximum absolute atomic E-state index is 13.5. The van der Waals surface area contributed by atoms with Crippen LogP contribution in [0.5, 0.6) is 5.75 Å². The molecule has 0 heterocycles. The monoisotopic (exact) mass is 321 g/mol. The van der Waals surface area contributed by atoms with E-state index in [1.807, 2.05) is 31.3 Å². The van der Waals surface area contributed by atoms with E-state index < -0.39 is 23.2 Å². The van der Waals surface area contributed by atoms with Crippen molar-refractivity contribution in [2.24, 2.45) is 0 Å². The van der Waals surface area contributed by atoms with Gasteiger partial charge in [0, 0.05) is 5.56 Å². The second-order valence-corrected chi connectivity index (χ2v) is 5.31. The van der Waals surface area contributed by atoms with Crippen LogP contribution in [-0.2, 0) is 11.3 Å². The van der Waals surface area contributed by atoms with Crippen LogP contribution in [0.25, 0.3) is 0 Å². The molecule has 0 aliphatic rings. The van der Waals surface area contributed by atoms with Crippen molar-refractivity contribution in [1.29, 1.82) is 0 Å². The Bertz CT molecular complexity index is 672. The van der Waals surface area contributed by atoms with Crippen molar-refractivity contribution in [3.63, 3.8) is 0 Å². The number of nitrogens with one attached hydrogen (secondary N) is 2. The molecule has 122 valence electrons. The van der Waals surface area contributed by atoms with E-state index in [0.717, 1.165) is 28.3 Å². The zero-order valence-electron chi connectivity index (χ0n) is 13.0. The number of hydrogen-bond donors (Lipinski definition) is 2. The molecule has 1 atom stereocenters. The number of hydrogen-bond acceptors (Lipinski definition) is 2. The first-order valence-corrected chi connectivity index (χ1v) is 7.17. The van der Waals surface area contributed by atoms with Crippen molar-refractivity contribution in [2.75, 3.05) is 26.0 Å². The van der Waals surface area contributed by atoms with Gasteiger partial charge in [0.1, 0.15) is 29.6 Å². The van der Waals surface area contributed by atoms with Gasteiger partial charge < -0.3 is 15.0 Å². The van der Waals surface area contributed by atoms with Gasteiger partial charge in [-0.25, -0.2) is 8.78 Å². The number of benzene rings is 2. The SMILES string of the molecule is COc1cccc(C[NH+](C)CC(=O)Nc2c(F)cccc2F)c1. The highest BCUT2D eigenvalue weighted by molar-refractivity contribution is 5.91. The Balaban J connectivity index is 1.94. The summed E-state index contributed by atoms with van der Waals surface area (Å²) in [6, 6.07) is 11.0. The minimum absolute atomic E-state index is 0.0883. The predicted molar refractivity (Wildman–Crippen MR) is 83.4 cm³/mol. The van der Waals surface area contributed by atoms with Crippen molar-refractivity contribution >= 4 is 11.6 Å². The zero-order chi connectivity index (χ0) is 16.8. The van der Waals surface area contributed by atoms with E-state index >= 15 is 0 Å². The zero-order valence-corrected chi connectivity index (χ0v) is 13.0. The Morgan fingerprint density at radius 1 is 1.17 bits per heavy atom. The molecule has 2 aromatic carbocycles. The van der Waals surface area contributed by atoms with Crippen LogP contribution in [0.15, 0.2) is 42.5 Å². The highest BCUT2D eigenvalue weighted by atomic mass is 19.1. The van der Waals surface area contributed by atoms with Crippen molar-refractivity contribution in [1.82, 2.24) is 0 Å². The second-order valence-electron chi connectivity index (χ2n) is 5.31. The summed E-state index contributed by atoms with van der Waals surface area (Å²) in [6.07, 6.45) is 0. The van der Waals surface area contributed by atoms with E-state index in [-0.39, 0.29) is 6.54 Å². The molecule has 2 N–H and O–H groups in total. The first-order chi connectivity index (χ1) is 11.0. The summed E-state index contributed by atoms with van der Waals surface area (Å²) in [7, 11) is 3.42. The van der Waals surface area contributed by atoms with Gasteiger partial charge in [0.25, 0.3) is 5.91 Å². The normalized spacial score (nSPS) is 11.8. The molecule has 0 aliphatic heterocycles. The first-order valence-electron chi connectivity index (χ1n) is 7.17. The van der Waals surface area contributed by atoms with E-state index in [0.29, 0.717) is 6.54 Å². The summed E-state index contributed by atoms with van der Waals surface area (Å²) >= 11 is 0. The number of likely N-dealkylation sites (N-methyl/N-ethyl adjacent to an activating group) is 1. The van der Waals surface area contributed by atoms with Crippen LogP contribution >= 0.6 is 0 Å². The highest BCUT2D eigenvalue weighted by Crippen LogP contribution is 2.17. The Morgan fingerprint density at radius 2 is 1.83 bits per heavy atom. The average molecular weight is 321 g/mol. The minimum Gasteiger partial charge on any atom is -0.497 e. The fourth-order valence-electron chi connectivity index (χ4n) is 2.27. The Hall–Kier alpha value is -2.47. The van der Waals surface area contributed by atoms with E-state index in [2.05, 4.69) is 5.32 Å². The smallest absolute Gasteiger partial charge is 0.279 e. The van der Waals surface area contributed by atoms with Crippen LogP contribution in [-0.4, -0.2) is 26.6 Å². The largest absolute Gasteiger partial charge is 0.497 e. The molecule has 2 aromatic rings. The molecule has 0 aliphatic carbocycles. The van der Waals surface area contributed by atoms with Crippen LogP contribution < -0.4 is 15.0 Å². The molecule has 1 unspecified atom stereocenters. The summed E-state index contributed by atoms with van der Waals surface area (Å²) in [5.41, 5.74) is 0.596. The standard InChI is InChI=1S/C17H18F2N2O2/c1-21(10-12-5-3-6-13(9-12)23-2)11-16(22)20-17-14(18)7-4-8-15(17)19/h3-9H,10-11H2,1-2H3,(H,20,22)/p+1. The molecule has 1 amide bonds. The second kappa shape index (κ2) is 7.69. The highest BCUT2D eigenvalue weighted by Gasteiger charge is 2.15. The number of halogens is 2. The van der Waals surface area contributed by atoms with E-state index in [1.54, 1.807) is 7.11 Å². The molecular weight excluding hydrogens is 302 g/mol. The summed E-state index contributed by atoms with van der Waals surface area (Å²) in [4.78, 5) is 12.8. The van der Waals surface area contributed by atoms with E-state index in [4.69, 9.17) is 4.74 Å². The molecule has 0 aromatic heterocycles. The third-order valence-electron chi connectivity index (χ3n) is 3.33. The van der Waals surface area contributed by atoms with Crippen LogP contribution in [0, 0.1) is 11.6 Å². The van der Waals surface area contributed by atoms with Crippen LogP contribution in [0.1, 0.15) is 5.56 Å². The lowest BCUT2D eigenvalue weighted by molar-refractivity contribution is -0.885. The van der Waals surface area contributed by atoms with Crippen LogP contribution in [0.3, 0.4) is 0 Å². The molecule has 0 spiro atoms. The first kappa shape index (κ1) is 16.9. The van der Waals surface area contributed by atoms with Crippen LogP contribution in [0.2, 0.25) is 0 Å². The number of ether oxygens (including phenoxy) is 1. The average Bonchev–Trinajstić information content (AvgIpc) is 2.51. The molecule has 6 heteroatoms. The molecule has 2 rings (SSSR count). The number of carbonyl (C=O) groups is 1. The molecule has 0 saturated heterocycles. The van der Waals surface area contributed by atoms with E-state index in [1.165, 1.54) is 6.07 Å². The molecule has 23 heavy (non-hydrogen) atoms. The molecule has 0 fully saturated rings. The van der Waals surface area contributed by atoms with Gasteiger partial charge >= 0.3 is 0 Å².